The van der Waals surface area contributed by atoms with Gasteiger partial charge < -0.3 is 33.5 Å². The number of hydrogen-bond acceptors (Lipinski definition) is 13. The number of methoxy groups -OCH3 is 1. The molecule has 0 N–H and O–H groups in total. The van der Waals surface area contributed by atoms with Crippen LogP contribution in [-0.2, 0) is 35.1 Å². The smallest absolute Gasteiger partial charge is 0.333 e. The number of carbonyl (C=O) groups is 5. The molecule has 3 saturated carbocycles. The average Bonchev–Trinajstić information content (AvgIpc) is 3.38. The lowest BCUT2D eigenvalue weighted by Gasteiger charge is -2.63. The number of ketones is 2. The molecular weight excluding hydrogens is 817 g/mol. The van der Waals surface area contributed by atoms with Crippen molar-refractivity contribution in [3.63, 3.8) is 0 Å². The number of Topliss-reactive ketones (excluding diaryl/α,β-unsaturated/α-hetero) is 2. The summed E-state index contributed by atoms with van der Waals surface area (Å²) >= 11 is 0. The van der Waals surface area contributed by atoms with Crippen molar-refractivity contribution in [1.29, 1.82) is 10.5 Å². The number of amides is 1. The van der Waals surface area contributed by atoms with E-state index in [-0.39, 0.29) is 41.9 Å². The Morgan fingerprint density at radius 3 is 2.25 bits per heavy atom. The van der Waals surface area contributed by atoms with E-state index < -0.39 is 87.8 Å². The van der Waals surface area contributed by atoms with Crippen LogP contribution >= 0.6 is 0 Å². The highest BCUT2D eigenvalue weighted by atomic mass is 16.6. The standard InChI is InChI=1S/C50H60N4O10/c1-28(2)12-11-17-48(8)18-16-33-42(62-48)32(14-13-29(3)4)44-39(43(33)61-37(56)25-36(55)54-22-20-53(9)21-23-54)41(57)40-38(31(26-51)27-52)34-24-35-47(6,7)64-49(45(34)58,50(35,40)63-44)19-15-30(5)46(59)60-10/h12-13,15-16,18,31,34-35,38,40H,11,14,17,19-25H2,1-10H3/b30-15-. The molecule has 4 aliphatic heterocycles. The maximum absolute atomic E-state index is 16.2. The summed E-state index contributed by atoms with van der Waals surface area (Å²) < 4.78 is 32.8. The molecule has 1 aromatic rings. The van der Waals surface area contributed by atoms with Gasteiger partial charge in [-0.3, -0.25) is 19.2 Å². The summed E-state index contributed by atoms with van der Waals surface area (Å²) in [6.45, 7) is 17.3. The number of piperazine rings is 1. The predicted octanol–water partition coefficient (Wildman–Crippen LogP) is 6.66. The summed E-state index contributed by atoms with van der Waals surface area (Å²) in [6.07, 6.45) is 10.2. The van der Waals surface area contributed by atoms with Crippen molar-refractivity contribution in [2.45, 2.75) is 116 Å². The number of fused-ring (bicyclic) bond motifs is 2. The molecule has 1 aromatic carbocycles. The number of benzene rings is 1. The van der Waals surface area contributed by atoms with Gasteiger partial charge in [0.1, 0.15) is 35.0 Å². The fourth-order valence-electron chi connectivity index (χ4n) is 11.2. The SMILES string of the molecule is COC(=O)/C(C)=C\CC12OC(C)(C)C3CC(C1=O)C(C(C#N)C#N)C1C(=O)c4c(OC(=O)CC(=O)N5CCN(C)CC5)c5c(c(CC=C(C)C)c4OC132)OC(C)(CCC=C(C)C)C=C5. The first-order valence-electron chi connectivity index (χ1n) is 22.3. The molecule has 64 heavy (non-hydrogen) atoms. The van der Waals surface area contributed by atoms with Crippen molar-refractivity contribution >= 4 is 35.5 Å². The summed E-state index contributed by atoms with van der Waals surface area (Å²) in [5, 5.41) is 21.0. The lowest BCUT2D eigenvalue weighted by molar-refractivity contribution is -0.212. The van der Waals surface area contributed by atoms with E-state index in [1.807, 2.05) is 67.7 Å². The summed E-state index contributed by atoms with van der Waals surface area (Å²) in [6, 6.07) is 4.16. The van der Waals surface area contributed by atoms with Gasteiger partial charge in [-0.15, -0.1) is 0 Å². The second kappa shape index (κ2) is 17.1. The predicted molar refractivity (Wildman–Crippen MR) is 235 cm³/mol. The first kappa shape index (κ1) is 46.4. The van der Waals surface area contributed by atoms with Gasteiger partial charge in [0.05, 0.1) is 36.3 Å². The maximum Gasteiger partial charge on any atom is 0.333 e. The van der Waals surface area contributed by atoms with Crippen molar-refractivity contribution in [2.75, 3.05) is 40.3 Å². The van der Waals surface area contributed by atoms with E-state index in [2.05, 4.69) is 23.1 Å². The number of nitriles is 2. The Kier molecular flexibility index (Phi) is 12.4. The molecular formula is C50H60N4O10. The molecule has 4 heterocycles. The highest BCUT2D eigenvalue weighted by Gasteiger charge is 2.86. The molecule has 0 radical (unpaired) electrons. The molecule has 7 atom stereocenters. The Hall–Kier alpha value is -5.57. The Morgan fingerprint density at radius 1 is 0.953 bits per heavy atom. The zero-order valence-electron chi connectivity index (χ0n) is 38.7. The molecule has 5 fully saturated rings. The lowest BCUT2D eigenvalue weighted by atomic mass is 9.42. The number of allylic oxidation sites excluding steroid dienone is 4. The van der Waals surface area contributed by atoms with Crippen molar-refractivity contribution < 1.29 is 47.7 Å². The van der Waals surface area contributed by atoms with E-state index in [0.29, 0.717) is 55.9 Å². The minimum absolute atomic E-state index is 0.0364. The van der Waals surface area contributed by atoms with Gasteiger partial charge in [0.15, 0.2) is 28.5 Å². The van der Waals surface area contributed by atoms with Crippen molar-refractivity contribution in [3.05, 3.63) is 57.7 Å². The summed E-state index contributed by atoms with van der Waals surface area (Å²) in [7, 11) is 3.22. The summed E-state index contributed by atoms with van der Waals surface area (Å²) in [4.78, 5) is 75.6. The van der Waals surface area contributed by atoms with E-state index in [1.165, 1.54) is 7.11 Å². The number of esters is 2. The van der Waals surface area contributed by atoms with Gasteiger partial charge in [0.2, 0.25) is 5.91 Å². The van der Waals surface area contributed by atoms with Crippen LogP contribution in [0.3, 0.4) is 0 Å². The van der Waals surface area contributed by atoms with Gasteiger partial charge >= 0.3 is 11.9 Å². The van der Waals surface area contributed by atoms with Gasteiger partial charge in [-0.25, -0.2) is 4.79 Å². The van der Waals surface area contributed by atoms with Crippen LogP contribution in [0.15, 0.2) is 41.0 Å². The normalized spacial score (nSPS) is 29.6. The zero-order chi connectivity index (χ0) is 46.7. The van der Waals surface area contributed by atoms with Crippen LogP contribution in [0.1, 0.15) is 109 Å². The number of ether oxygens (including phenoxy) is 5. The maximum atomic E-state index is 16.2. The molecule has 7 aliphatic rings. The molecule has 7 unspecified atom stereocenters. The molecule has 3 aliphatic carbocycles. The fraction of sp³-hybridized carbons (Fsp3) is 0.580. The third-order valence-corrected chi connectivity index (χ3v) is 14.3. The molecule has 1 spiro atoms. The lowest BCUT2D eigenvalue weighted by Crippen LogP contribution is -2.79. The van der Waals surface area contributed by atoms with E-state index >= 15 is 9.59 Å². The number of carbonyl (C=O) groups excluding carboxylic acids is 5. The minimum Gasteiger partial charge on any atom is -0.482 e. The summed E-state index contributed by atoms with van der Waals surface area (Å²) in [5.41, 5.74) is -2.60. The second-order valence-electron chi connectivity index (χ2n) is 19.6. The Labute approximate surface area is 375 Å². The van der Waals surface area contributed by atoms with Crippen molar-refractivity contribution in [1.82, 2.24) is 9.80 Å². The summed E-state index contributed by atoms with van der Waals surface area (Å²) in [5.74, 6) is -8.17. The molecule has 2 saturated heterocycles. The Bertz CT molecular complexity index is 2370. The minimum atomic E-state index is -1.86. The molecule has 1 amide bonds. The van der Waals surface area contributed by atoms with Crippen LogP contribution in [0.4, 0.5) is 0 Å². The first-order chi connectivity index (χ1) is 30.2. The van der Waals surface area contributed by atoms with Gasteiger partial charge in [-0.2, -0.15) is 10.5 Å². The molecule has 0 aromatic heterocycles. The van der Waals surface area contributed by atoms with Gasteiger partial charge in [0, 0.05) is 61.5 Å². The highest BCUT2D eigenvalue weighted by Crippen LogP contribution is 2.72. The van der Waals surface area contributed by atoms with Crippen LogP contribution in [-0.4, -0.2) is 102 Å². The molecule has 4 bridgehead atoms. The fourth-order valence-corrected chi connectivity index (χ4v) is 11.2. The topological polar surface area (TPSA) is 186 Å². The quantitative estimate of drug-likeness (QED) is 0.0715. The van der Waals surface area contributed by atoms with E-state index in [1.54, 1.807) is 24.0 Å². The number of hydrogen-bond donors (Lipinski definition) is 0. The Balaban J connectivity index is 1.50. The Morgan fingerprint density at radius 2 is 1.62 bits per heavy atom. The largest absolute Gasteiger partial charge is 0.482 e. The highest BCUT2D eigenvalue weighted by molar-refractivity contribution is 6.11. The number of rotatable bonds is 12. The third-order valence-electron chi connectivity index (χ3n) is 14.3. The third kappa shape index (κ3) is 7.56. The van der Waals surface area contributed by atoms with Gasteiger partial charge in [0.25, 0.3) is 0 Å². The second-order valence-corrected chi connectivity index (χ2v) is 19.6. The number of nitrogens with zero attached hydrogens (tertiary/aromatic N) is 4. The van der Waals surface area contributed by atoms with E-state index in [4.69, 9.17) is 23.7 Å². The van der Waals surface area contributed by atoms with Gasteiger partial charge in [-0.1, -0.05) is 29.4 Å². The molecule has 14 nitrogen and oxygen atoms in total. The number of likely N-dealkylation sites (N-methyl/N-ethyl adjacent to an activating group) is 1. The van der Waals surface area contributed by atoms with Crippen LogP contribution in [0, 0.1) is 52.3 Å². The van der Waals surface area contributed by atoms with Crippen LogP contribution in [0.25, 0.3) is 6.08 Å². The zero-order valence-corrected chi connectivity index (χ0v) is 38.7. The van der Waals surface area contributed by atoms with E-state index in [0.717, 1.165) is 11.1 Å². The molecule has 8 rings (SSSR count). The first-order valence-corrected chi connectivity index (χ1v) is 22.3. The monoisotopic (exact) mass is 876 g/mol. The molecule has 14 heteroatoms. The van der Waals surface area contributed by atoms with Crippen molar-refractivity contribution in [3.8, 4) is 29.4 Å². The van der Waals surface area contributed by atoms with Crippen LogP contribution in [0.5, 0.6) is 17.2 Å². The van der Waals surface area contributed by atoms with Gasteiger partial charge in [-0.05, 0) is 100 Å². The van der Waals surface area contributed by atoms with E-state index in [9.17, 15) is 24.9 Å². The molecule has 340 valence electrons. The van der Waals surface area contributed by atoms with Crippen molar-refractivity contribution in [2.24, 2.45) is 29.6 Å². The van der Waals surface area contributed by atoms with Crippen LogP contribution in [0.2, 0.25) is 0 Å². The van der Waals surface area contributed by atoms with Crippen LogP contribution < -0.4 is 14.2 Å². The average molecular weight is 877 g/mol.